The number of amides is 1. The van der Waals surface area contributed by atoms with Gasteiger partial charge >= 0.3 is 0 Å². The van der Waals surface area contributed by atoms with Gasteiger partial charge in [-0.2, -0.15) is 5.26 Å². The number of nitrogens with one attached hydrogen (secondary N) is 1. The number of nitriles is 1. The molecule has 0 aliphatic heterocycles. The second-order valence-corrected chi connectivity index (χ2v) is 7.96. The van der Waals surface area contributed by atoms with E-state index in [0.717, 1.165) is 22.3 Å². The van der Waals surface area contributed by atoms with Crippen LogP contribution >= 0.6 is 11.8 Å². The number of carbonyl (C=O) groups is 1. The highest BCUT2D eigenvalue weighted by molar-refractivity contribution is 7.99. The fourth-order valence-corrected chi connectivity index (χ4v) is 4.55. The first-order chi connectivity index (χ1) is 13.8. The fraction of sp³-hybridized carbons (Fsp3) is 0.409. The van der Waals surface area contributed by atoms with E-state index >= 15 is 0 Å². The van der Waals surface area contributed by atoms with Gasteiger partial charge in [0.15, 0.2) is 6.61 Å². The normalized spacial score (nSPS) is 14.2. The third-order valence-electron chi connectivity index (χ3n) is 4.85. The van der Waals surface area contributed by atoms with Gasteiger partial charge in [-0.3, -0.25) is 4.79 Å². The summed E-state index contributed by atoms with van der Waals surface area (Å²) in [5.74, 6) is 2.25. The Hall–Kier alpha value is -2.52. The van der Waals surface area contributed by atoms with Crippen molar-refractivity contribution in [2.24, 2.45) is 5.92 Å². The highest BCUT2D eigenvalue weighted by Gasteiger charge is 2.17. The van der Waals surface area contributed by atoms with Crippen molar-refractivity contribution in [2.45, 2.75) is 43.7 Å². The molecule has 5 nitrogen and oxygen atoms in total. The number of ether oxygens (including phenoxy) is 1. The molecule has 1 aromatic carbocycles. The van der Waals surface area contributed by atoms with E-state index in [1.165, 1.54) is 32.1 Å². The van der Waals surface area contributed by atoms with Crippen molar-refractivity contribution in [3.63, 3.8) is 0 Å². The molecule has 1 saturated carbocycles. The minimum absolute atomic E-state index is 0.00702. The maximum Gasteiger partial charge on any atom is 0.254 e. The standard InChI is InChI=1S/C22H25N3O2S/c23-11-13-27-19-9-4-8-18(14-19)15-25-21(26)20-10-5-12-24-22(20)28-16-17-6-2-1-3-7-17/h4-5,8-10,12,14,17H,1-3,6-7,13,15-16H2,(H,25,26). The summed E-state index contributed by atoms with van der Waals surface area (Å²) in [5.41, 5.74) is 1.55. The van der Waals surface area contributed by atoms with Gasteiger partial charge in [0.2, 0.25) is 0 Å². The molecule has 28 heavy (non-hydrogen) atoms. The van der Waals surface area contributed by atoms with E-state index in [2.05, 4.69) is 10.3 Å². The molecule has 0 saturated heterocycles. The Labute approximate surface area is 170 Å². The van der Waals surface area contributed by atoms with Crippen LogP contribution in [-0.2, 0) is 6.54 Å². The Morgan fingerprint density at radius 3 is 2.93 bits per heavy atom. The Kier molecular flexibility index (Phi) is 7.74. The number of nitrogens with zero attached hydrogens (tertiary/aromatic N) is 2. The van der Waals surface area contributed by atoms with E-state index in [-0.39, 0.29) is 12.5 Å². The summed E-state index contributed by atoms with van der Waals surface area (Å²) >= 11 is 1.69. The summed E-state index contributed by atoms with van der Waals surface area (Å²) in [6, 6.07) is 13.0. The molecule has 1 aliphatic rings. The highest BCUT2D eigenvalue weighted by Crippen LogP contribution is 2.30. The maximum absolute atomic E-state index is 12.7. The van der Waals surface area contributed by atoms with Crippen molar-refractivity contribution in [3.05, 3.63) is 53.7 Å². The molecule has 0 atom stereocenters. The van der Waals surface area contributed by atoms with Crippen molar-refractivity contribution in [2.75, 3.05) is 12.4 Å². The van der Waals surface area contributed by atoms with Crippen LogP contribution in [0.2, 0.25) is 0 Å². The van der Waals surface area contributed by atoms with Crippen LogP contribution in [0.3, 0.4) is 0 Å². The van der Waals surface area contributed by atoms with E-state index < -0.39 is 0 Å². The molecule has 0 radical (unpaired) electrons. The van der Waals surface area contributed by atoms with E-state index in [9.17, 15) is 4.79 Å². The first-order valence-electron chi connectivity index (χ1n) is 9.71. The van der Waals surface area contributed by atoms with Gasteiger partial charge in [0.05, 0.1) is 5.56 Å². The molecule has 0 unspecified atom stereocenters. The Balaban J connectivity index is 1.57. The Bertz CT molecular complexity index is 829. The number of pyridine rings is 1. The molecule has 1 aromatic heterocycles. The molecule has 1 fully saturated rings. The lowest BCUT2D eigenvalue weighted by Gasteiger charge is -2.21. The predicted molar refractivity (Wildman–Crippen MR) is 110 cm³/mol. The summed E-state index contributed by atoms with van der Waals surface area (Å²) in [6.45, 7) is 0.400. The number of aromatic nitrogens is 1. The lowest BCUT2D eigenvalue weighted by molar-refractivity contribution is 0.0947. The van der Waals surface area contributed by atoms with Crippen LogP contribution in [-0.4, -0.2) is 23.3 Å². The summed E-state index contributed by atoms with van der Waals surface area (Å²) in [4.78, 5) is 17.1. The summed E-state index contributed by atoms with van der Waals surface area (Å²) < 4.78 is 5.31. The molecule has 6 heteroatoms. The van der Waals surface area contributed by atoms with E-state index in [1.54, 1.807) is 30.1 Å². The van der Waals surface area contributed by atoms with Crippen molar-refractivity contribution in [3.8, 4) is 11.8 Å². The summed E-state index contributed by atoms with van der Waals surface area (Å²) in [7, 11) is 0. The van der Waals surface area contributed by atoms with Gasteiger partial charge in [-0.15, -0.1) is 11.8 Å². The van der Waals surface area contributed by atoms with Gasteiger partial charge in [-0.05, 0) is 48.6 Å². The second kappa shape index (κ2) is 10.7. The number of benzene rings is 1. The molecular weight excluding hydrogens is 370 g/mol. The lowest BCUT2D eigenvalue weighted by atomic mass is 9.91. The monoisotopic (exact) mass is 395 g/mol. The lowest BCUT2D eigenvalue weighted by Crippen LogP contribution is -2.23. The maximum atomic E-state index is 12.7. The zero-order valence-electron chi connectivity index (χ0n) is 15.9. The van der Waals surface area contributed by atoms with Gasteiger partial charge in [-0.25, -0.2) is 4.98 Å². The van der Waals surface area contributed by atoms with Crippen molar-refractivity contribution in [1.29, 1.82) is 5.26 Å². The molecule has 2 aromatic rings. The van der Waals surface area contributed by atoms with Crippen LogP contribution in [0, 0.1) is 17.2 Å². The third kappa shape index (κ3) is 6.00. The molecule has 0 spiro atoms. The van der Waals surface area contributed by atoms with E-state index in [1.807, 2.05) is 30.3 Å². The second-order valence-electron chi connectivity index (χ2n) is 6.95. The molecule has 146 valence electrons. The fourth-order valence-electron chi connectivity index (χ4n) is 3.37. The molecule has 1 N–H and O–H groups in total. The van der Waals surface area contributed by atoms with Gasteiger partial charge in [0.25, 0.3) is 5.91 Å². The molecule has 1 aliphatic carbocycles. The summed E-state index contributed by atoms with van der Waals surface area (Å²) in [6.07, 6.45) is 8.30. The topological polar surface area (TPSA) is 75.0 Å². The van der Waals surface area contributed by atoms with E-state index in [0.29, 0.717) is 17.9 Å². The van der Waals surface area contributed by atoms with Gasteiger partial charge < -0.3 is 10.1 Å². The summed E-state index contributed by atoms with van der Waals surface area (Å²) in [5, 5.41) is 12.4. The number of hydrogen-bond acceptors (Lipinski definition) is 5. The molecule has 0 bridgehead atoms. The van der Waals surface area contributed by atoms with Crippen LogP contribution in [0.4, 0.5) is 0 Å². The molecule has 1 heterocycles. The minimum Gasteiger partial charge on any atom is -0.479 e. The van der Waals surface area contributed by atoms with Crippen molar-refractivity contribution in [1.82, 2.24) is 10.3 Å². The molecule has 3 rings (SSSR count). The number of hydrogen-bond donors (Lipinski definition) is 1. The number of carbonyl (C=O) groups excluding carboxylic acids is 1. The van der Waals surface area contributed by atoms with Gasteiger partial charge in [0, 0.05) is 18.5 Å². The Morgan fingerprint density at radius 2 is 2.11 bits per heavy atom. The average molecular weight is 396 g/mol. The predicted octanol–water partition coefficient (Wildman–Crippen LogP) is 4.59. The van der Waals surface area contributed by atoms with Crippen LogP contribution in [0.25, 0.3) is 0 Å². The first-order valence-corrected chi connectivity index (χ1v) is 10.7. The third-order valence-corrected chi connectivity index (χ3v) is 6.09. The highest BCUT2D eigenvalue weighted by atomic mass is 32.2. The quantitative estimate of drug-likeness (QED) is 0.662. The SMILES string of the molecule is N#CCOc1cccc(CNC(=O)c2cccnc2SCC2CCCCC2)c1. The van der Waals surface area contributed by atoms with Crippen molar-refractivity contribution >= 4 is 17.7 Å². The first kappa shape index (κ1) is 20.2. The molecular formula is C22H25N3O2S. The van der Waals surface area contributed by atoms with Crippen LogP contribution < -0.4 is 10.1 Å². The van der Waals surface area contributed by atoms with Crippen LogP contribution in [0.1, 0.15) is 48.0 Å². The number of thioether (sulfide) groups is 1. The zero-order chi connectivity index (χ0) is 19.6. The largest absolute Gasteiger partial charge is 0.479 e. The average Bonchev–Trinajstić information content (AvgIpc) is 2.76. The van der Waals surface area contributed by atoms with Crippen LogP contribution in [0.5, 0.6) is 5.75 Å². The Morgan fingerprint density at radius 1 is 1.25 bits per heavy atom. The van der Waals surface area contributed by atoms with Gasteiger partial charge in [-0.1, -0.05) is 31.4 Å². The number of rotatable bonds is 8. The smallest absolute Gasteiger partial charge is 0.254 e. The van der Waals surface area contributed by atoms with Crippen LogP contribution in [0.15, 0.2) is 47.6 Å². The van der Waals surface area contributed by atoms with Crippen molar-refractivity contribution < 1.29 is 9.53 Å². The van der Waals surface area contributed by atoms with E-state index in [4.69, 9.17) is 10.00 Å². The molecule has 1 amide bonds. The van der Waals surface area contributed by atoms with Gasteiger partial charge in [0.1, 0.15) is 16.8 Å². The minimum atomic E-state index is -0.123. The zero-order valence-corrected chi connectivity index (χ0v) is 16.7.